The van der Waals surface area contributed by atoms with Crippen LogP contribution in [0.25, 0.3) is 0 Å². The van der Waals surface area contributed by atoms with E-state index in [1.807, 2.05) is 51.0 Å². The number of fused-ring (bicyclic) bond motifs is 1. The predicted molar refractivity (Wildman–Crippen MR) is 111 cm³/mol. The van der Waals surface area contributed by atoms with Crippen molar-refractivity contribution in [3.8, 4) is 5.75 Å². The summed E-state index contributed by atoms with van der Waals surface area (Å²) in [7, 11) is 3.86. The van der Waals surface area contributed by atoms with Crippen molar-refractivity contribution in [1.29, 1.82) is 0 Å². The molecule has 0 unspecified atom stereocenters. The van der Waals surface area contributed by atoms with Gasteiger partial charge in [-0.05, 0) is 62.8 Å². The number of carbonyl (C=O) groups is 2. The third-order valence-corrected chi connectivity index (χ3v) is 4.73. The van der Waals surface area contributed by atoms with Crippen LogP contribution in [-0.2, 0) is 11.2 Å². The number of nitrogens with one attached hydrogen (secondary N) is 2. The van der Waals surface area contributed by atoms with Gasteiger partial charge in [-0.15, -0.1) is 0 Å². The normalized spacial score (nSPS) is 12.5. The maximum atomic E-state index is 12.8. The Morgan fingerprint density at radius 1 is 1.11 bits per heavy atom. The smallest absolute Gasteiger partial charge is 0.259 e. The lowest BCUT2D eigenvalue weighted by Gasteiger charge is -2.14. The quantitative estimate of drug-likeness (QED) is 0.805. The van der Waals surface area contributed by atoms with Crippen molar-refractivity contribution in [2.75, 3.05) is 37.9 Å². The minimum atomic E-state index is -0.212. The monoisotopic (exact) mass is 381 g/mol. The van der Waals surface area contributed by atoms with E-state index in [0.29, 0.717) is 42.3 Å². The summed E-state index contributed by atoms with van der Waals surface area (Å²) in [5, 5.41) is 5.86. The molecule has 1 heterocycles. The summed E-state index contributed by atoms with van der Waals surface area (Å²) in [4.78, 5) is 26.9. The highest BCUT2D eigenvalue weighted by Gasteiger charge is 2.21. The zero-order valence-electron chi connectivity index (χ0n) is 16.9. The molecule has 0 atom stereocenters. The van der Waals surface area contributed by atoms with Crippen LogP contribution in [0.1, 0.15) is 33.5 Å². The molecule has 6 heteroatoms. The van der Waals surface area contributed by atoms with Gasteiger partial charge in [0.2, 0.25) is 5.91 Å². The molecule has 0 aromatic heterocycles. The molecular formula is C22H27N3O3. The van der Waals surface area contributed by atoms with E-state index in [1.54, 1.807) is 6.07 Å². The Morgan fingerprint density at radius 2 is 1.89 bits per heavy atom. The highest BCUT2D eigenvalue weighted by atomic mass is 16.5. The first kappa shape index (κ1) is 19.9. The minimum absolute atomic E-state index is 0.0508. The van der Waals surface area contributed by atoms with Crippen LogP contribution in [0, 0.1) is 13.8 Å². The zero-order valence-corrected chi connectivity index (χ0v) is 16.9. The number of carbonyl (C=O) groups excluding carboxylic acids is 2. The van der Waals surface area contributed by atoms with E-state index in [1.165, 1.54) is 0 Å². The molecule has 1 aliphatic rings. The number of hydrogen-bond acceptors (Lipinski definition) is 4. The average Bonchev–Trinajstić information content (AvgIpc) is 3.10. The number of rotatable bonds is 6. The molecule has 2 N–H and O–H groups in total. The molecule has 0 bridgehead atoms. The van der Waals surface area contributed by atoms with Gasteiger partial charge in [0.1, 0.15) is 5.75 Å². The van der Waals surface area contributed by atoms with Crippen LogP contribution < -0.4 is 15.4 Å². The highest BCUT2D eigenvalue weighted by Crippen LogP contribution is 2.32. The minimum Gasteiger partial charge on any atom is -0.492 e. The number of nitrogens with zero attached hydrogens (tertiary/aromatic N) is 1. The van der Waals surface area contributed by atoms with Gasteiger partial charge >= 0.3 is 0 Å². The van der Waals surface area contributed by atoms with Crippen LogP contribution >= 0.6 is 0 Å². The molecule has 0 spiro atoms. The number of hydrogen-bond donors (Lipinski definition) is 2. The van der Waals surface area contributed by atoms with Gasteiger partial charge < -0.3 is 20.3 Å². The Bertz CT molecular complexity index is 906. The standard InChI is InChI=1S/C22H27N3O3/c1-14-11-16-8-10-28-21(16)18(12-14)22(27)23-17-6-5-15(2)19(13-17)24-20(26)7-9-25(3)4/h5-6,11-13H,7-10H2,1-4H3,(H,23,27)(H,24,26). The van der Waals surface area contributed by atoms with Crippen molar-refractivity contribution in [2.24, 2.45) is 0 Å². The second-order valence-corrected chi connectivity index (χ2v) is 7.48. The van der Waals surface area contributed by atoms with Gasteiger partial charge in [0.25, 0.3) is 5.91 Å². The molecule has 0 saturated carbocycles. The fraction of sp³-hybridized carbons (Fsp3) is 0.364. The van der Waals surface area contributed by atoms with E-state index in [4.69, 9.17) is 4.74 Å². The van der Waals surface area contributed by atoms with Crippen LogP contribution in [-0.4, -0.2) is 44.0 Å². The van der Waals surface area contributed by atoms with Crippen LogP contribution in [0.15, 0.2) is 30.3 Å². The van der Waals surface area contributed by atoms with E-state index in [9.17, 15) is 9.59 Å². The summed E-state index contributed by atoms with van der Waals surface area (Å²) in [5.41, 5.74) is 4.93. The molecule has 0 saturated heterocycles. The maximum absolute atomic E-state index is 12.8. The van der Waals surface area contributed by atoms with Gasteiger partial charge in [0.05, 0.1) is 12.2 Å². The lowest BCUT2D eigenvalue weighted by molar-refractivity contribution is -0.116. The maximum Gasteiger partial charge on any atom is 0.259 e. The Morgan fingerprint density at radius 3 is 2.64 bits per heavy atom. The molecule has 2 aromatic rings. The molecule has 6 nitrogen and oxygen atoms in total. The summed E-state index contributed by atoms with van der Waals surface area (Å²) in [6.07, 6.45) is 1.24. The summed E-state index contributed by atoms with van der Waals surface area (Å²) >= 11 is 0. The summed E-state index contributed by atoms with van der Waals surface area (Å²) in [6, 6.07) is 9.41. The zero-order chi connectivity index (χ0) is 20.3. The summed E-state index contributed by atoms with van der Waals surface area (Å²) in [5.74, 6) is 0.410. The largest absolute Gasteiger partial charge is 0.492 e. The molecule has 2 aromatic carbocycles. The molecular weight excluding hydrogens is 354 g/mol. The second-order valence-electron chi connectivity index (χ2n) is 7.48. The molecule has 28 heavy (non-hydrogen) atoms. The van der Waals surface area contributed by atoms with Crippen molar-refractivity contribution in [3.05, 3.63) is 52.6 Å². The van der Waals surface area contributed by atoms with Gasteiger partial charge in [-0.1, -0.05) is 12.1 Å². The van der Waals surface area contributed by atoms with Crippen molar-refractivity contribution in [3.63, 3.8) is 0 Å². The van der Waals surface area contributed by atoms with Gasteiger partial charge in [-0.3, -0.25) is 9.59 Å². The molecule has 0 radical (unpaired) electrons. The number of ether oxygens (including phenoxy) is 1. The molecule has 0 aliphatic carbocycles. The van der Waals surface area contributed by atoms with Crippen LogP contribution in [0.4, 0.5) is 11.4 Å². The number of amides is 2. The first-order valence-electron chi connectivity index (χ1n) is 9.46. The van der Waals surface area contributed by atoms with Crippen molar-refractivity contribution >= 4 is 23.2 Å². The SMILES string of the molecule is Cc1cc2c(c(C(=O)Nc3ccc(C)c(NC(=O)CCN(C)C)c3)c1)OCC2. The molecule has 148 valence electrons. The Labute approximate surface area is 165 Å². The molecule has 1 aliphatic heterocycles. The van der Waals surface area contributed by atoms with Crippen LogP contribution in [0.2, 0.25) is 0 Å². The Hall–Kier alpha value is -2.86. The number of aryl methyl sites for hydroxylation is 2. The third kappa shape index (κ3) is 4.70. The lowest BCUT2D eigenvalue weighted by Crippen LogP contribution is -2.21. The van der Waals surface area contributed by atoms with Crippen molar-refractivity contribution in [2.45, 2.75) is 26.7 Å². The molecule has 2 amide bonds. The highest BCUT2D eigenvalue weighted by molar-refractivity contribution is 6.07. The van der Waals surface area contributed by atoms with Crippen LogP contribution in [0.3, 0.4) is 0 Å². The Balaban J connectivity index is 1.75. The summed E-state index contributed by atoms with van der Waals surface area (Å²) < 4.78 is 5.66. The fourth-order valence-corrected chi connectivity index (χ4v) is 3.21. The van der Waals surface area contributed by atoms with Crippen molar-refractivity contribution in [1.82, 2.24) is 4.90 Å². The van der Waals surface area contributed by atoms with E-state index in [0.717, 1.165) is 23.1 Å². The topological polar surface area (TPSA) is 70.7 Å². The number of benzene rings is 2. The van der Waals surface area contributed by atoms with Crippen molar-refractivity contribution < 1.29 is 14.3 Å². The van der Waals surface area contributed by atoms with E-state index in [-0.39, 0.29) is 11.8 Å². The summed E-state index contributed by atoms with van der Waals surface area (Å²) in [6.45, 7) is 5.18. The molecule has 3 rings (SSSR count). The van der Waals surface area contributed by atoms with Gasteiger partial charge in [0.15, 0.2) is 0 Å². The van der Waals surface area contributed by atoms with Gasteiger partial charge in [-0.25, -0.2) is 0 Å². The van der Waals surface area contributed by atoms with Gasteiger partial charge in [-0.2, -0.15) is 0 Å². The van der Waals surface area contributed by atoms with Crippen LogP contribution in [0.5, 0.6) is 5.75 Å². The first-order valence-corrected chi connectivity index (χ1v) is 9.46. The van der Waals surface area contributed by atoms with E-state index < -0.39 is 0 Å². The fourth-order valence-electron chi connectivity index (χ4n) is 3.21. The number of anilines is 2. The predicted octanol–water partition coefficient (Wildman–Crippen LogP) is 3.38. The van der Waals surface area contributed by atoms with E-state index >= 15 is 0 Å². The second kappa shape index (κ2) is 8.44. The van der Waals surface area contributed by atoms with Gasteiger partial charge in [0, 0.05) is 30.8 Å². The lowest BCUT2D eigenvalue weighted by atomic mass is 10.0. The Kier molecular flexibility index (Phi) is 5.99. The molecule has 0 fully saturated rings. The first-order chi connectivity index (χ1) is 13.3. The average molecular weight is 381 g/mol. The van der Waals surface area contributed by atoms with E-state index in [2.05, 4.69) is 16.7 Å². The third-order valence-electron chi connectivity index (χ3n) is 4.73.